The number of hydrogen-bond donors (Lipinski definition) is 5. The Morgan fingerprint density at radius 1 is 1.10 bits per heavy atom. The minimum Gasteiger partial charge on any atom is -0.504 e. The number of likely N-dealkylation sites (N-methyl/N-ethyl adjacent to an activating group) is 2. The molecular weight excluding hydrogens is 386 g/mol. The van der Waals surface area contributed by atoms with Gasteiger partial charge in [-0.25, -0.2) is 4.79 Å². The maximum atomic E-state index is 11.6. The van der Waals surface area contributed by atoms with Gasteiger partial charge in [0.15, 0.2) is 11.5 Å². The van der Waals surface area contributed by atoms with Gasteiger partial charge in [-0.05, 0) is 62.1 Å². The highest BCUT2D eigenvalue weighted by Crippen LogP contribution is 2.27. The van der Waals surface area contributed by atoms with E-state index in [1.807, 2.05) is 0 Å². The van der Waals surface area contributed by atoms with Crippen molar-refractivity contribution in [2.75, 3.05) is 45.6 Å². The van der Waals surface area contributed by atoms with Crippen molar-refractivity contribution in [2.45, 2.75) is 20.0 Å². The van der Waals surface area contributed by atoms with Crippen molar-refractivity contribution in [1.29, 1.82) is 0 Å². The molecule has 0 saturated carbocycles. The monoisotopic (exact) mass is 419 g/mol. The Hall–Kier alpha value is -2.81. The number of benzene rings is 2. The Bertz CT molecular complexity index is 764. The van der Waals surface area contributed by atoms with Crippen LogP contribution in [0.1, 0.15) is 35.9 Å². The van der Waals surface area contributed by atoms with Crippen molar-refractivity contribution in [3.8, 4) is 11.5 Å². The number of nitrogens with zero attached hydrogens (tertiary/aromatic N) is 1. The van der Waals surface area contributed by atoms with Gasteiger partial charge in [0, 0.05) is 18.8 Å². The van der Waals surface area contributed by atoms with Gasteiger partial charge in [0.2, 0.25) is 0 Å². The summed E-state index contributed by atoms with van der Waals surface area (Å²) in [6.45, 7) is 7.71. The van der Waals surface area contributed by atoms with E-state index in [1.54, 1.807) is 37.4 Å². The average molecular weight is 420 g/mol. The summed E-state index contributed by atoms with van der Waals surface area (Å²) < 4.78 is 5.18. The number of ether oxygens (including phenoxy) is 1. The summed E-state index contributed by atoms with van der Waals surface area (Å²) in [5.74, 6) is -0.690. The number of carbonyl (C=O) groups excluding carboxylic acids is 1. The quantitative estimate of drug-likeness (QED) is 0.238. The van der Waals surface area contributed by atoms with Crippen LogP contribution in [0.25, 0.3) is 0 Å². The number of nitrogens with two attached hydrogens (primary N) is 1. The third-order valence-electron chi connectivity index (χ3n) is 4.46. The molecule has 6 N–H and O–H groups in total. The number of carbonyl (C=O) groups is 1. The zero-order chi connectivity index (χ0) is 22.5. The van der Waals surface area contributed by atoms with Crippen LogP contribution in [0.3, 0.4) is 0 Å². The summed E-state index contributed by atoms with van der Waals surface area (Å²) in [6, 6.07) is 11.0. The molecule has 0 amide bonds. The molecule has 0 unspecified atom stereocenters. The minimum absolute atomic E-state index is 0.180. The molecule has 0 aliphatic heterocycles. The summed E-state index contributed by atoms with van der Waals surface area (Å²) in [7, 11) is 1.73. The second-order valence-corrected chi connectivity index (χ2v) is 6.61. The van der Waals surface area contributed by atoms with Crippen molar-refractivity contribution < 1.29 is 24.9 Å². The molecule has 0 aliphatic carbocycles. The lowest BCUT2D eigenvalue weighted by molar-refractivity contribution is 0.0466. The molecule has 8 heteroatoms. The third kappa shape index (κ3) is 8.69. The second kappa shape index (κ2) is 13.4. The van der Waals surface area contributed by atoms with Crippen LogP contribution in [0, 0.1) is 0 Å². The van der Waals surface area contributed by atoms with Gasteiger partial charge in [0.05, 0.1) is 11.7 Å². The normalized spacial score (nSPS) is 11.5. The van der Waals surface area contributed by atoms with Crippen LogP contribution < -0.4 is 11.1 Å². The predicted octanol–water partition coefficient (Wildman–Crippen LogP) is 2.12. The van der Waals surface area contributed by atoms with Crippen LogP contribution in [0.5, 0.6) is 11.5 Å². The van der Waals surface area contributed by atoms with E-state index < -0.39 is 6.10 Å². The molecule has 2 rings (SSSR count). The molecule has 2 aromatic rings. The largest absolute Gasteiger partial charge is 0.504 e. The average Bonchev–Trinajstić information content (AvgIpc) is 2.74. The molecule has 30 heavy (non-hydrogen) atoms. The fraction of sp³-hybridized carbons (Fsp3) is 0.409. The topological polar surface area (TPSA) is 128 Å². The number of esters is 1. The van der Waals surface area contributed by atoms with Crippen molar-refractivity contribution >= 4 is 11.7 Å². The SMILES string of the molecule is CCN(CC)CCOC(=O)c1ccc(N)cc1.CNC[C@H](O)c1ccc(O)c(O)c1. The van der Waals surface area contributed by atoms with Crippen molar-refractivity contribution in [3.05, 3.63) is 53.6 Å². The Morgan fingerprint density at radius 3 is 2.27 bits per heavy atom. The molecular formula is C22H33N3O5. The van der Waals surface area contributed by atoms with Gasteiger partial charge in [-0.1, -0.05) is 19.9 Å². The van der Waals surface area contributed by atoms with E-state index in [0.29, 0.717) is 30.0 Å². The first-order chi connectivity index (χ1) is 14.3. The number of phenols is 2. The highest BCUT2D eigenvalue weighted by Gasteiger charge is 2.09. The number of nitrogen functional groups attached to an aromatic ring is 1. The molecule has 0 heterocycles. The summed E-state index contributed by atoms with van der Waals surface area (Å²) in [6.07, 6.45) is -0.670. The van der Waals surface area contributed by atoms with Crippen LogP contribution in [0.4, 0.5) is 5.69 Å². The Balaban J connectivity index is 0.000000311. The molecule has 0 bridgehead atoms. The van der Waals surface area contributed by atoms with E-state index in [4.69, 9.17) is 20.7 Å². The third-order valence-corrected chi connectivity index (χ3v) is 4.46. The van der Waals surface area contributed by atoms with Crippen molar-refractivity contribution in [3.63, 3.8) is 0 Å². The van der Waals surface area contributed by atoms with Gasteiger partial charge in [0.1, 0.15) is 6.61 Å². The van der Waals surface area contributed by atoms with Crippen LogP contribution in [0.15, 0.2) is 42.5 Å². The number of aromatic hydroxyl groups is 2. The van der Waals surface area contributed by atoms with E-state index >= 15 is 0 Å². The summed E-state index contributed by atoms with van der Waals surface area (Å²) in [5, 5.41) is 30.4. The first-order valence-corrected chi connectivity index (χ1v) is 9.91. The lowest BCUT2D eigenvalue weighted by atomic mass is 10.1. The molecule has 0 aromatic heterocycles. The lowest BCUT2D eigenvalue weighted by Gasteiger charge is -2.17. The zero-order valence-electron chi connectivity index (χ0n) is 17.8. The molecule has 0 saturated heterocycles. The maximum Gasteiger partial charge on any atom is 0.338 e. The standard InChI is InChI=1S/C13H20N2O2.C9H13NO3/c1-3-15(4-2)9-10-17-13(16)11-5-7-12(14)8-6-11;1-10-5-9(13)6-2-3-7(11)8(12)4-6/h5-8H,3-4,9-10,14H2,1-2H3;2-4,9-13H,5H2,1H3/t;9-/m.0/s1. The van der Waals surface area contributed by atoms with E-state index in [-0.39, 0.29) is 17.5 Å². The van der Waals surface area contributed by atoms with Crippen LogP contribution in [-0.4, -0.2) is 66.0 Å². The molecule has 8 nitrogen and oxygen atoms in total. The molecule has 0 aliphatic rings. The lowest BCUT2D eigenvalue weighted by Crippen LogP contribution is -2.27. The first-order valence-electron chi connectivity index (χ1n) is 9.91. The molecule has 0 fully saturated rings. The molecule has 166 valence electrons. The Labute approximate surface area is 177 Å². The van der Waals surface area contributed by atoms with E-state index in [9.17, 15) is 9.90 Å². The maximum absolute atomic E-state index is 11.6. The molecule has 2 aromatic carbocycles. The summed E-state index contributed by atoms with van der Waals surface area (Å²) >= 11 is 0. The minimum atomic E-state index is -0.670. The van der Waals surface area contributed by atoms with Gasteiger partial charge >= 0.3 is 5.97 Å². The Morgan fingerprint density at radius 2 is 1.73 bits per heavy atom. The van der Waals surface area contributed by atoms with Crippen molar-refractivity contribution in [1.82, 2.24) is 10.2 Å². The molecule has 1 atom stereocenters. The van der Waals surface area contributed by atoms with Crippen LogP contribution >= 0.6 is 0 Å². The summed E-state index contributed by atoms with van der Waals surface area (Å²) in [4.78, 5) is 13.8. The van der Waals surface area contributed by atoms with E-state index in [1.165, 1.54) is 12.1 Å². The fourth-order valence-corrected chi connectivity index (χ4v) is 2.57. The highest BCUT2D eigenvalue weighted by atomic mass is 16.5. The van der Waals surface area contributed by atoms with Crippen molar-refractivity contribution in [2.24, 2.45) is 0 Å². The van der Waals surface area contributed by atoms with Gasteiger partial charge < -0.3 is 36.0 Å². The zero-order valence-corrected chi connectivity index (χ0v) is 17.8. The van der Waals surface area contributed by atoms with Gasteiger partial charge in [-0.2, -0.15) is 0 Å². The number of rotatable bonds is 9. The second-order valence-electron chi connectivity index (χ2n) is 6.61. The number of anilines is 1. The number of aliphatic hydroxyl groups is 1. The predicted molar refractivity (Wildman–Crippen MR) is 118 cm³/mol. The smallest absolute Gasteiger partial charge is 0.338 e. The highest BCUT2D eigenvalue weighted by molar-refractivity contribution is 5.89. The molecule has 0 spiro atoms. The van der Waals surface area contributed by atoms with Crippen LogP contribution in [0.2, 0.25) is 0 Å². The van der Waals surface area contributed by atoms with E-state index in [0.717, 1.165) is 19.6 Å². The first kappa shape index (κ1) is 25.2. The number of phenolic OH excluding ortho intramolecular Hbond substituents is 2. The summed E-state index contributed by atoms with van der Waals surface area (Å²) in [5.41, 5.74) is 7.30. The van der Waals surface area contributed by atoms with Gasteiger partial charge in [-0.3, -0.25) is 0 Å². The number of nitrogens with one attached hydrogen (secondary N) is 1. The fourth-order valence-electron chi connectivity index (χ4n) is 2.57. The Kier molecular flexibility index (Phi) is 11.3. The number of hydrogen-bond acceptors (Lipinski definition) is 8. The van der Waals surface area contributed by atoms with E-state index in [2.05, 4.69) is 24.1 Å². The van der Waals surface area contributed by atoms with Gasteiger partial charge in [-0.15, -0.1) is 0 Å². The molecule has 0 radical (unpaired) electrons. The number of aliphatic hydroxyl groups excluding tert-OH is 1. The van der Waals surface area contributed by atoms with Gasteiger partial charge in [0.25, 0.3) is 0 Å². The van der Waals surface area contributed by atoms with Crippen LogP contribution in [-0.2, 0) is 4.74 Å².